The molecule has 0 aromatic heterocycles. The van der Waals surface area contributed by atoms with Gasteiger partial charge in [-0.1, -0.05) is 85.2 Å². The Kier molecular flexibility index (Phi) is 10.3. The van der Waals surface area contributed by atoms with Gasteiger partial charge in [-0.3, -0.25) is 0 Å². The number of aryl methyl sites for hydroxylation is 1. The summed E-state index contributed by atoms with van der Waals surface area (Å²) in [6, 6.07) is 24.3. The Labute approximate surface area is 217 Å². The fourth-order valence-electron chi connectivity index (χ4n) is 3.90. The third-order valence-electron chi connectivity index (χ3n) is 5.68. The van der Waals surface area contributed by atoms with Crippen LogP contribution >= 0.6 is 23.4 Å². The molecule has 0 aliphatic carbocycles. The van der Waals surface area contributed by atoms with Crippen molar-refractivity contribution in [3.8, 4) is 5.75 Å². The molecule has 3 aromatic rings. The third kappa shape index (κ3) is 9.10. The van der Waals surface area contributed by atoms with Crippen molar-refractivity contribution in [3.63, 3.8) is 0 Å². The van der Waals surface area contributed by atoms with E-state index in [0.29, 0.717) is 13.0 Å². The van der Waals surface area contributed by atoms with E-state index in [1.807, 2.05) is 54.6 Å². The van der Waals surface area contributed by atoms with Crippen LogP contribution in [0.15, 0.2) is 94.7 Å². The zero-order valence-electron chi connectivity index (χ0n) is 20.0. The molecule has 1 unspecified atom stereocenters. The van der Waals surface area contributed by atoms with Gasteiger partial charge in [-0.2, -0.15) is 0 Å². The van der Waals surface area contributed by atoms with Crippen molar-refractivity contribution < 1.29 is 14.6 Å². The van der Waals surface area contributed by atoms with Gasteiger partial charge in [-0.25, -0.2) is 4.79 Å². The van der Waals surface area contributed by atoms with Gasteiger partial charge in [-0.05, 0) is 67.1 Å². The molecule has 3 N–H and O–H groups in total. The molecule has 3 rings (SSSR count). The lowest BCUT2D eigenvalue weighted by Crippen LogP contribution is -2.37. The number of halogens is 1. The average Bonchev–Trinajstić information content (AvgIpc) is 2.84. The standard InChI is InChI=1S/C29H32ClNO3S/c1-2-16-29(31,18-15-28(32)33)17-7-10-23-13-14-26(20-27(23)30)35-25-12-6-11-24(19-25)34-21-22-8-4-3-5-9-22/h3-6,8-9,11-15,18-20H,2,7,10,16-17,21,31H2,1H3,(H,32,33)/b18-15+. The van der Waals surface area contributed by atoms with E-state index in [4.69, 9.17) is 27.2 Å². The van der Waals surface area contributed by atoms with Gasteiger partial charge < -0.3 is 15.6 Å². The summed E-state index contributed by atoms with van der Waals surface area (Å²) in [5.74, 6) is -0.142. The lowest BCUT2D eigenvalue weighted by atomic mass is 9.87. The van der Waals surface area contributed by atoms with Crippen LogP contribution in [0.2, 0.25) is 5.02 Å². The van der Waals surface area contributed by atoms with Crippen molar-refractivity contribution in [1.82, 2.24) is 0 Å². The molecular weight excluding hydrogens is 478 g/mol. The van der Waals surface area contributed by atoms with E-state index in [0.717, 1.165) is 63.4 Å². The first-order chi connectivity index (χ1) is 16.9. The van der Waals surface area contributed by atoms with Gasteiger partial charge in [0.2, 0.25) is 0 Å². The highest BCUT2D eigenvalue weighted by Crippen LogP contribution is 2.33. The van der Waals surface area contributed by atoms with Crippen molar-refractivity contribution in [1.29, 1.82) is 0 Å². The molecule has 4 nitrogen and oxygen atoms in total. The van der Waals surface area contributed by atoms with Gasteiger partial charge >= 0.3 is 5.97 Å². The topological polar surface area (TPSA) is 72.6 Å². The number of hydrogen-bond acceptors (Lipinski definition) is 4. The summed E-state index contributed by atoms with van der Waals surface area (Å²) in [6.07, 6.45) is 6.73. The summed E-state index contributed by atoms with van der Waals surface area (Å²) in [5, 5.41) is 9.66. The monoisotopic (exact) mass is 509 g/mol. The van der Waals surface area contributed by atoms with Crippen LogP contribution in [0.1, 0.15) is 43.7 Å². The van der Waals surface area contributed by atoms with Crippen LogP contribution in [-0.2, 0) is 17.8 Å². The number of carboxylic acids is 1. The average molecular weight is 510 g/mol. The Morgan fingerprint density at radius 2 is 1.83 bits per heavy atom. The summed E-state index contributed by atoms with van der Waals surface area (Å²) < 4.78 is 5.95. The van der Waals surface area contributed by atoms with Gasteiger partial charge in [0, 0.05) is 26.4 Å². The van der Waals surface area contributed by atoms with Crippen LogP contribution in [0.4, 0.5) is 0 Å². The molecule has 0 aliphatic heterocycles. The Bertz CT molecular complexity index is 1140. The maximum absolute atomic E-state index is 10.9. The first-order valence-electron chi connectivity index (χ1n) is 11.8. The van der Waals surface area contributed by atoms with Crippen molar-refractivity contribution >= 4 is 29.3 Å². The predicted octanol–water partition coefficient (Wildman–Crippen LogP) is 7.53. The van der Waals surface area contributed by atoms with E-state index in [9.17, 15) is 4.79 Å². The zero-order chi connectivity index (χ0) is 25.1. The quantitative estimate of drug-likeness (QED) is 0.233. The smallest absolute Gasteiger partial charge is 0.328 e. The van der Waals surface area contributed by atoms with E-state index < -0.39 is 11.5 Å². The molecule has 0 bridgehead atoms. The zero-order valence-corrected chi connectivity index (χ0v) is 21.5. The van der Waals surface area contributed by atoms with Crippen LogP contribution in [0.3, 0.4) is 0 Å². The van der Waals surface area contributed by atoms with Crippen LogP contribution in [0, 0.1) is 0 Å². The summed E-state index contributed by atoms with van der Waals surface area (Å²) in [6.45, 7) is 2.58. The molecule has 0 fully saturated rings. The maximum Gasteiger partial charge on any atom is 0.328 e. The number of benzene rings is 3. The van der Waals surface area contributed by atoms with E-state index >= 15 is 0 Å². The number of hydrogen-bond donors (Lipinski definition) is 2. The fraction of sp³-hybridized carbons (Fsp3) is 0.276. The summed E-state index contributed by atoms with van der Waals surface area (Å²) >= 11 is 8.24. The van der Waals surface area contributed by atoms with Gasteiger partial charge in [0.05, 0.1) is 0 Å². The van der Waals surface area contributed by atoms with Gasteiger partial charge in [0.15, 0.2) is 0 Å². The third-order valence-corrected chi connectivity index (χ3v) is 7.01. The normalized spacial score (nSPS) is 13.0. The highest BCUT2D eigenvalue weighted by atomic mass is 35.5. The second kappa shape index (κ2) is 13.4. The molecule has 1 atom stereocenters. The molecule has 0 amide bonds. The van der Waals surface area contributed by atoms with Crippen molar-refractivity contribution in [2.45, 2.75) is 61.0 Å². The Balaban J connectivity index is 1.56. The van der Waals surface area contributed by atoms with Crippen LogP contribution in [-0.4, -0.2) is 16.6 Å². The van der Waals surface area contributed by atoms with Crippen molar-refractivity contribution in [2.75, 3.05) is 0 Å². The van der Waals surface area contributed by atoms with Gasteiger partial charge in [0.25, 0.3) is 0 Å². The highest BCUT2D eigenvalue weighted by Gasteiger charge is 2.20. The summed E-state index contributed by atoms with van der Waals surface area (Å²) in [7, 11) is 0. The summed E-state index contributed by atoms with van der Waals surface area (Å²) in [5.41, 5.74) is 8.03. The minimum absolute atomic E-state index is 0.532. The molecule has 0 saturated carbocycles. The van der Waals surface area contributed by atoms with Gasteiger partial charge in [-0.15, -0.1) is 0 Å². The molecule has 0 heterocycles. The lowest BCUT2D eigenvalue weighted by molar-refractivity contribution is -0.131. The Morgan fingerprint density at radius 3 is 2.54 bits per heavy atom. The number of ether oxygens (including phenoxy) is 1. The SMILES string of the molecule is CCCC(N)(/C=C/C(=O)O)CCCc1ccc(Sc2cccc(OCc3ccccc3)c2)cc1Cl. The second-order valence-electron chi connectivity index (χ2n) is 8.61. The first kappa shape index (κ1) is 26.9. The highest BCUT2D eigenvalue weighted by molar-refractivity contribution is 7.99. The van der Waals surface area contributed by atoms with Crippen LogP contribution < -0.4 is 10.5 Å². The molecule has 0 saturated heterocycles. The van der Waals surface area contributed by atoms with Crippen molar-refractivity contribution in [2.24, 2.45) is 5.73 Å². The number of aliphatic carboxylic acids is 1. The van der Waals surface area contributed by atoms with E-state index in [2.05, 4.69) is 25.1 Å². The summed E-state index contributed by atoms with van der Waals surface area (Å²) in [4.78, 5) is 13.0. The molecular formula is C29H32ClNO3S. The fourth-order valence-corrected chi connectivity index (χ4v) is 5.15. The molecule has 6 heteroatoms. The Morgan fingerprint density at radius 1 is 1.06 bits per heavy atom. The minimum atomic E-state index is -0.972. The molecule has 184 valence electrons. The van der Waals surface area contributed by atoms with Gasteiger partial charge in [0.1, 0.15) is 12.4 Å². The number of carboxylic acid groups (broad SMARTS) is 1. The molecule has 35 heavy (non-hydrogen) atoms. The first-order valence-corrected chi connectivity index (χ1v) is 13.0. The van der Waals surface area contributed by atoms with E-state index in [-0.39, 0.29) is 0 Å². The molecule has 0 aliphatic rings. The maximum atomic E-state index is 10.9. The van der Waals surface area contributed by atoms with Crippen LogP contribution in [0.5, 0.6) is 5.75 Å². The number of nitrogens with two attached hydrogens (primary N) is 1. The van der Waals surface area contributed by atoms with E-state index in [1.165, 1.54) is 0 Å². The number of rotatable bonds is 13. The lowest BCUT2D eigenvalue weighted by Gasteiger charge is -2.25. The molecule has 0 radical (unpaired) electrons. The molecule has 0 spiro atoms. The molecule has 3 aromatic carbocycles. The minimum Gasteiger partial charge on any atom is -0.489 e. The predicted molar refractivity (Wildman–Crippen MR) is 144 cm³/mol. The van der Waals surface area contributed by atoms with Crippen LogP contribution in [0.25, 0.3) is 0 Å². The largest absolute Gasteiger partial charge is 0.489 e. The second-order valence-corrected chi connectivity index (χ2v) is 10.2. The Hall–Kier alpha value is -2.73. The van der Waals surface area contributed by atoms with Crippen molar-refractivity contribution in [3.05, 3.63) is 101 Å². The number of carbonyl (C=O) groups is 1. The van der Waals surface area contributed by atoms with E-state index in [1.54, 1.807) is 17.8 Å².